The van der Waals surface area contributed by atoms with Gasteiger partial charge in [-0.3, -0.25) is 4.79 Å². The van der Waals surface area contributed by atoms with Crippen molar-refractivity contribution in [1.82, 2.24) is 5.32 Å². The molecule has 0 saturated carbocycles. The fourth-order valence-corrected chi connectivity index (χ4v) is 3.80. The molecule has 1 atom stereocenters. The van der Waals surface area contributed by atoms with Gasteiger partial charge in [0.2, 0.25) is 0 Å². The summed E-state index contributed by atoms with van der Waals surface area (Å²) in [5.74, 6) is -0.451. The first-order valence-electron chi connectivity index (χ1n) is 11.9. The van der Waals surface area contributed by atoms with E-state index in [0.717, 1.165) is 0 Å². The quantitative estimate of drug-likeness (QED) is 0.352. The van der Waals surface area contributed by atoms with Crippen molar-refractivity contribution in [3.8, 4) is 22.6 Å². The Kier molecular flexibility index (Phi) is 8.76. The second-order valence-corrected chi connectivity index (χ2v) is 9.61. The fraction of sp³-hybridized carbons (Fsp3) is 0.310. The van der Waals surface area contributed by atoms with Crippen LogP contribution in [-0.2, 0) is 22.6 Å². The molecule has 0 aliphatic heterocycles. The Morgan fingerprint density at radius 2 is 1.78 bits per heavy atom. The van der Waals surface area contributed by atoms with Gasteiger partial charge in [0.15, 0.2) is 0 Å². The van der Waals surface area contributed by atoms with Crippen molar-refractivity contribution in [3.05, 3.63) is 83.2 Å². The topological polar surface area (TPSA) is 94.1 Å². The zero-order chi connectivity index (χ0) is 27.2. The van der Waals surface area contributed by atoms with Crippen molar-refractivity contribution in [1.29, 1.82) is 0 Å². The molecule has 7 nitrogen and oxygen atoms in total. The van der Waals surface area contributed by atoms with Crippen LogP contribution in [0, 0.1) is 5.82 Å². The maximum Gasteiger partial charge on any atom is 0.408 e. The van der Waals surface area contributed by atoms with Gasteiger partial charge in [0, 0.05) is 16.7 Å². The zero-order valence-electron chi connectivity index (χ0n) is 21.6. The van der Waals surface area contributed by atoms with Crippen molar-refractivity contribution in [2.45, 2.75) is 52.4 Å². The standard InChI is InChI=1S/C29H32FNO6/c1-18(31-28(34)37-29(2,3)4)23-10-8-11-24(27(23)30)21-13-19(14-22(15-21)35-5)17-36-25-12-7-6-9-20(25)16-26(32)33/h6-15,18H,16-17H2,1-5H3,(H,31,34)(H,32,33). The highest BCUT2D eigenvalue weighted by Gasteiger charge is 2.21. The summed E-state index contributed by atoms with van der Waals surface area (Å²) in [5, 5.41) is 11.8. The second-order valence-electron chi connectivity index (χ2n) is 9.61. The highest BCUT2D eigenvalue weighted by molar-refractivity contribution is 5.71. The maximum atomic E-state index is 15.7. The third-order valence-corrected chi connectivity index (χ3v) is 5.45. The van der Waals surface area contributed by atoms with Crippen LogP contribution in [0.1, 0.15) is 50.4 Å². The molecule has 0 aromatic heterocycles. The molecule has 0 radical (unpaired) electrons. The summed E-state index contributed by atoms with van der Waals surface area (Å²) in [7, 11) is 1.52. The molecule has 37 heavy (non-hydrogen) atoms. The molecular formula is C29H32FNO6. The number of para-hydroxylation sites is 1. The molecule has 3 aromatic carbocycles. The predicted molar refractivity (Wildman–Crippen MR) is 138 cm³/mol. The molecule has 3 aromatic rings. The molecule has 2 N–H and O–H groups in total. The Labute approximate surface area is 216 Å². The zero-order valence-corrected chi connectivity index (χ0v) is 21.6. The number of carbonyl (C=O) groups excluding carboxylic acids is 1. The summed E-state index contributed by atoms with van der Waals surface area (Å²) in [6, 6.07) is 16.6. The number of hydrogen-bond donors (Lipinski definition) is 2. The lowest BCUT2D eigenvalue weighted by Gasteiger charge is -2.22. The van der Waals surface area contributed by atoms with Gasteiger partial charge in [-0.05, 0) is 63.1 Å². The first-order valence-corrected chi connectivity index (χ1v) is 11.9. The molecule has 3 rings (SSSR count). The molecule has 0 bridgehead atoms. The molecule has 196 valence electrons. The largest absolute Gasteiger partial charge is 0.497 e. The van der Waals surface area contributed by atoms with Crippen LogP contribution in [-0.4, -0.2) is 29.9 Å². The van der Waals surface area contributed by atoms with Gasteiger partial charge in [0.05, 0.1) is 19.6 Å². The number of benzene rings is 3. The smallest absolute Gasteiger partial charge is 0.408 e. The van der Waals surface area contributed by atoms with Crippen molar-refractivity contribution in [3.63, 3.8) is 0 Å². The molecule has 0 fully saturated rings. The van der Waals surface area contributed by atoms with E-state index in [4.69, 9.17) is 19.3 Å². The van der Waals surface area contributed by atoms with Crippen LogP contribution in [0.2, 0.25) is 0 Å². The number of aliphatic carboxylic acids is 1. The highest BCUT2D eigenvalue weighted by atomic mass is 19.1. The van der Waals surface area contributed by atoms with Crippen molar-refractivity contribution < 1.29 is 33.3 Å². The first-order chi connectivity index (χ1) is 17.5. The Morgan fingerprint density at radius 3 is 2.46 bits per heavy atom. The monoisotopic (exact) mass is 509 g/mol. The maximum absolute atomic E-state index is 15.7. The van der Waals surface area contributed by atoms with E-state index >= 15 is 4.39 Å². The van der Waals surface area contributed by atoms with E-state index in [9.17, 15) is 9.59 Å². The van der Waals surface area contributed by atoms with E-state index in [0.29, 0.717) is 39.3 Å². The summed E-state index contributed by atoms with van der Waals surface area (Å²) in [6.45, 7) is 7.08. The Hall–Kier alpha value is -4.07. The Morgan fingerprint density at radius 1 is 1.05 bits per heavy atom. The number of alkyl carbamates (subject to hydrolysis) is 1. The summed E-state index contributed by atoms with van der Waals surface area (Å²) < 4.78 is 32.3. The molecule has 1 amide bonds. The summed E-state index contributed by atoms with van der Waals surface area (Å²) in [4.78, 5) is 23.4. The minimum atomic E-state index is -0.953. The number of methoxy groups -OCH3 is 1. The Balaban J connectivity index is 1.87. The minimum Gasteiger partial charge on any atom is -0.497 e. The average Bonchev–Trinajstić information content (AvgIpc) is 2.81. The molecule has 0 spiro atoms. The van der Waals surface area contributed by atoms with E-state index in [1.54, 1.807) is 88.4 Å². The molecule has 0 aliphatic rings. The number of amides is 1. The van der Waals surface area contributed by atoms with Crippen LogP contribution < -0.4 is 14.8 Å². The van der Waals surface area contributed by atoms with E-state index in [1.807, 2.05) is 0 Å². The lowest BCUT2D eigenvalue weighted by atomic mass is 9.97. The number of carboxylic acid groups (broad SMARTS) is 1. The lowest BCUT2D eigenvalue weighted by molar-refractivity contribution is -0.136. The molecule has 0 aliphatic carbocycles. The van der Waals surface area contributed by atoms with E-state index in [1.165, 1.54) is 7.11 Å². The fourth-order valence-electron chi connectivity index (χ4n) is 3.80. The molecule has 0 saturated heterocycles. The summed E-state index contributed by atoms with van der Waals surface area (Å²) >= 11 is 0. The molecule has 0 heterocycles. The number of carboxylic acids is 1. The second kappa shape index (κ2) is 11.8. The van der Waals surface area contributed by atoms with Crippen LogP contribution in [0.4, 0.5) is 9.18 Å². The van der Waals surface area contributed by atoms with Gasteiger partial charge in [-0.25, -0.2) is 9.18 Å². The summed E-state index contributed by atoms with van der Waals surface area (Å²) in [6.07, 6.45) is -0.790. The van der Waals surface area contributed by atoms with Crippen LogP contribution >= 0.6 is 0 Å². The van der Waals surface area contributed by atoms with Crippen LogP contribution in [0.25, 0.3) is 11.1 Å². The average molecular weight is 510 g/mol. The van der Waals surface area contributed by atoms with Gasteiger partial charge >= 0.3 is 12.1 Å². The van der Waals surface area contributed by atoms with Gasteiger partial charge in [-0.2, -0.15) is 0 Å². The molecule has 8 heteroatoms. The minimum absolute atomic E-state index is 0.124. The number of halogens is 1. The van der Waals surface area contributed by atoms with Crippen molar-refractivity contribution in [2.75, 3.05) is 7.11 Å². The third kappa shape index (κ3) is 7.70. The SMILES string of the molecule is COc1cc(COc2ccccc2CC(=O)O)cc(-c2cccc(C(C)NC(=O)OC(C)(C)C)c2F)c1. The van der Waals surface area contributed by atoms with Gasteiger partial charge in [-0.15, -0.1) is 0 Å². The number of nitrogens with one attached hydrogen (secondary N) is 1. The summed E-state index contributed by atoms with van der Waals surface area (Å²) in [5.41, 5.74) is 1.82. The van der Waals surface area contributed by atoms with Crippen molar-refractivity contribution >= 4 is 12.1 Å². The van der Waals surface area contributed by atoms with Crippen LogP contribution in [0.15, 0.2) is 60.7 Å². The highest BCUT2D eigenvalue weighted by Crippen LogP contribution is 2.32. The van der Waals surface area contributed by atoms with Gasteiger partial charge in [0.1, 0.15) is 29.5 Å². The van der Waals surface area contributed by atoms with E-state index < -0.39 is 29.5 Å². The normalized spacial score (nSPS) is 11.9. The number of ether oxygens (including phenoxy) is 3. The number of hydrogen-bond acceptors (Lipinski definition) is 5. The number of carbonyl (C=O) groups is 2. The third-order valence-electron chi connectivity index (χ3n) is 5.45. The Bertz CT molecular complexity index is 1270. The lowest BCUT2D eigenvalue weighted by Crippen LogP contribution is -2.34. The van der Waals surface area contributed by atoms with Gasteiger partial charge in [0.25, 0.3) is 0 Å². The van der Waals surface area contributed by atoms with Gasteiger partial charge in [-0.1, -0.05) is 36.4 Å². The first kappa shape index (κ1) is 27.5. The van der Waals surface area contributed by atoms with Crippen molar-refractivity contribution in [2.24, 2.45) is 0 Å². The number of rotatable bonds is 9. The van der Waals surface area contributed by atoms with Gasteiger partial charge < -0.3 is 24.6 Å². The predicted octanol–water partition coefficient (Wildman–Crippen LogP) is 6.29. The van der Waals surface area contributed by atoms with E-state index in [-0.39, 0.29) is 13.0 Å². The van der Waals surface area contributed by atoms with Crippen LogP contribution in [0.5, 0.6) is 11.5 Å². The van der Waals surface area contributed by atoms with Crippen LogP contribution in [0.3, 0.4) is 0 Å². The van der Waals surface area contributed by atoms with E-state index in [2.05, 4.69) is 5.32 Å². The molecule has 1 unspecified atom stereocenters. The molecular weight excluding hydrogens is 477 g/mol.